The third kappa shape index (κ3) is 3.45. The van der Waals surface area contributed by atoms with Crippen LogP contribution < -0.4 is 10.6 Å². The van der Waals surface area contributed by atoms with Crippen LogP contribution >= 0.6 is 12.4 Å². The number of ether oxygens (including phenoxy) is 1. The van der Waals surface area contributed by atoms with Crippen molar-refractivity contribution >= 4 is 18.3 Å². The van der Waals surface area contributed by atoms with Crippen molar-refractivity contribution in [1.82, 2.24) is 10.6 Å². The van der Waals surface area contributed by atoms with Crippen molar-refractivity contribution in [3.8, 4) is 0 Å². The molecule has 1 atom stereocenters. The highest BCUT2D eigenvalue weighted by Gasteiger charge is 2.42. The maximum Gasteiger partial charge on any atom is 0.231 e. The van der Waals surface area contributed by atoms with Gasteiger partial charge in [-0.25, -0.2) is 0 Å². The lowest BCUT2D eigenvalue weighted by Gasteiger charge is -2.37. The monoisotopic (exact) mass is 324 g/mol. The van der Waals surface area contributed by atoms with Gasteiger partial charge in [-0.15, -0.1) is 12.4 Å². The summed E-state index contributed by atoms with van der Waals surface area (Å²) in [6.45, 7) is 5.26. The molecule has 122 valence electrons. The molecule has 0 aliphatic carbocycles. The zero-order chi connectivity index (χ0) is 14.7. The van der Waals surface area contributed by atoms with Crippen LogP contribution in [0.1, 0.15) is 30.4 Å². The number of carbonyl (C=O) groups excluding carboxylic acids is 1. The molecule has 0 radical (unpaired) electrons. The summed E-state index contributed by atoms with van der Waals surface area (Å²) >= 11 is 0. The molecule has 2 saturated heterocycles. The van der Waals surface area contributed by atoms with Crippen molar-refractivity contribution in [2.24, 2.45) is 0 Å². The second kappa shape index (κ2) is 7.44. The normalized spacial score (nSPS) is 23.6. The second-order valence-corrected chi connectivity index (χ2v) is 6.22. The molecule has 22 heavy (non-hydrogen) atoms. The Balaban J connectivity index is 0.00000176. The zero-order valence-corrected chi connectivity index (χ0v) is 13.9. The molecular formula is C17H25ClN2O2. The molecule has 2 fully saturated rings. The fourth-order valence-corrected chi connectivity index (χ4v) is 3.34. The third-order valence-corrected chi connectivity index (χ3v) is 4.78. The highest BCUT2D eigenvalue weighted by atomic mass is 35.5. The van der Waals surface area contributed by atoms with Gasteiger partial charge in [-0.05, 0) is 38.3 Å². The predicted octanol–water partition coefficient (Wildman–Crippen LogP) is 1.94. The van der Waals surface area contributed by atoms with Crippen molar-refractivity contribution in [2.45, 2.75) is 37.6 Å². The SMILES string of the molecule is Cc1ccc(C2(C(=O)NC3CCNC3)CCOCC2)cc1.Cl. The third-order valence-electron chi connectivity index (χ3n) is 4.78. The summed E-state index contributed by atoms with van der Waals surface area (Å²) < 4.78 is 5.50. The molecule has 4 nitrogen and oxygen atoms in total. The van der Waals surface area contributed by atoms with Gasteiger partial charge in [0, 0.05) is 25.8 Å². The van der Waals surface area contributed by atoms with E-state index in [1.165, 1.54) is 5.56 Å². The molecule has 1 aromatic carbocycles. The van der Waals surface area contributed by atoms with E-state index in [-0.39, 0.29) is 24.4 Å². The quantitative estimate of drug-likeness (QED) is 0.893. The number of halogens is 1. The maximum absolute atomic E-state index is 13.0. The molecule has 1 amide bonds. The zero-order valence-electron chi connectivity index (χ0n) is 13.1. The van der Waals surface area contributed by atoms with Gasteiger partial charge in [0.2, 0.25) is 5.91 Å². The molecule has 0 spiro atoms. The topological polar surface area (TPSA) is 50.4 Å². The van der Waals surface area contributed by atoms with Crippen LogP contribution in [0.3, 0.4) is 0 Å². The first-order valence-corrected chi connectivity index (χ1v) is 7.87. The Morgan fingerprint density at radius 2 is 1.95 bits per heavy atom. The number of benzene rings is 1. The summed E-state index contributed by atoms with van der Waals surface area (Å²) in [5.74, 6) is 0.170. The van der Waals surface area contributed by atoms with Crippen LogP contribution in [-0.4, -0.2) is 38.3 Å². The Morgan fingerprint density at radius 1 is 1.27 bits per heavy atom. The summed E-state index contributed by atoms with van der Waals surface area (Å²) in [4.78, 5) is 13.0. The Kier molecular flexibility index (Phi) is 5.84. The maximum atomic E-state index is 13.0. The van der Waals surface area contributed by atoms with E-state index in [9.17, 15) is 4.79 Å². The number of aryl methyl sites for hydroxylation is 1. The fraction of sp³-hybridized carbons (Fsp3) is 0.588. The van der Waals surface area contributed by atoms with Gasteiger partial charge in [0.05, 0.1) is 5.41 Å². The molecule has 0 bridgehead atoms. The van der Waals surface area contributed by atoms with Gasteiger partial charge < -0.3 is 15.4 Å². The van der Waals surface area contributed by atoms with Crippen molar-refractivity contribution in [3.05, 3.63) is 35.4 Å². The minimum Gasteiger partial charge on any atom is -0.381 e. The van der Waals surface area contributed by atoms with Gasteiger partial charge >= 0.3 is 0 Å². The molecule has 2 N–H and O–H groups in total. The lowest BCUT2D eigenvalue weighted by molar-refractivity contribution is -0.131. The summed E-state index contributed by atoms with van der Waals surface area (Å²) in [6.07, 6.45) is 2.55. The Bertz CT molecular complexity index is 492. The number of nitrogens with one attached hydrogen (secondary N) is 2. The van der Waals surface area contributed by atoms with E-state index in [0.29, 0.717) is 13.2 Å². The first-order valence-electron chi connectivity index (χ1n) is 7.87. The number of amides is 1. The minimum absolute atomic E-state index is 0. The Morgan fingerprint density at radius 3 is 2.55 bits per heavy atom. The lowest BCUT2D eigenvalue weighted by atomic mass is 9.73. The smallest absolute Gasteiger partial charge is 0.231 e. The Labute approximate surface area is 138 Å². The molecule has 2 aliphatic heterocycles. The van der Waals surface area contributed by atoms with Gasteiger partial charge in [-0.2, -0.15) is 0 Å². The number of hydrogen-bond acceptors (Lipinski definition) is 3. The largest absolute Gasteiger partial charge is 0.381 e. The van der Waals surface area contributed by atoms with Crippen molar-refractivity contribution in [3.63, 3.8) is 0 Å². The Hall–Kier alpha value is -1.10. The average molecular weight is 325 g/mol. The lowest BCUT2D eigenvalue weighted by Crippen LogP contribution is -2.51. The van der Waals surface area contributed by atoms with Gasteiger partial charge in [-0.3, -0.25) is 4.79 Å². The van der Waals surface area contributed by atoms with Crippen molar-refractivity contribution < 1.29 is 9.53 Å². The molecule has 5 heteroatoms. The van der Waals surface area contributed by atoms with E-state index >= 15 is 0 Å². The van der Waals surface area contributed by atoms with Crippen LogP contribution in [-0.2, 0) is 14.9 Å². The van der Waals surface area contributed by atoms with Crippen molar-refractivity contribution in [1.29, 1.82) is 0 Å². The molecule has 0 saturated carbocycles. The summed E-state index contributed by atoms with van der Waals surface area (Å²) in [7, 11) is 0. The second-order valence-electron chi connectivity index (χ2n) is 6.22. The minimum atomic E-state index is -0.422. The van der Waals surface area contributed by atoms with E-state index in [4.69, 9.17) is 4.74 Å². The summed E-state index contributed by atoms with van der Waals surface area (Å²) in [5.41, 5.74) is 1.93. The predicted molar refractivity (Wildman–Crippen MR) is 89.6 cm³/mol. The van der Waals surface area contributed by atoms with E-state index in [1.54, 1.807) is 0 Å². The van der Waals surface area contributed by atoms with Gasteiger partial charge in [0.1, 0.15) is 0 Å². The van der Waals surface area contributed by atoms with E-state index < -0.39 is 5.41 Å². The van der Waals surface area contributed by atoms with Crippen LogP contribution in [0.15, 0.2) is 24.3 Å². The van der Waals surface area contributed by atoms with Crippen LogP contribution in [0.4, 0.5) is 0 Å². The number of hydrogen-bond donors (Lipinski definition) is 2. The molecule has 2 heterocycles. The molecular weight excluding hydrogens is 300 g/mol. The van der Waals surface area contributed by atoms with E-state index in [2.05, 4.69) is 41.8 Å². The van der Waals surface area contributed by atoms with Crippen LogP contribution in [0, 0.1) is 6.92 Å². The first-order chi connectivity index (χ1) is 10.2. The molecule has 0 aromatic heterocycles. The van der Waals surface area contributed by atoms with Gasteiger partial charge in [0.15, 0.2) is 0 Å². The molecule has 2 aliphatic rings. The van der Waals surface area contributed by atoms with Crippen LogP contribution in [0.25, 0.3) is 0 Å². The molecule has 3 rings (SSSR count). The fourth-order valence-electron chi connectivity index (χ4n) is 3.34. The van der Waals surface area contributed by atoms with Gasteiger partial charge in [0.25, 0.3) is 0 Å². The summed E-state index contributed by atoms with van der Waals surface area (Å²) in [6, 6.07) is 8.66. The van der Waals surface area contributed by atoms with Gasteiger partial charge in [-0.1, -0.05) is 29.8 Å². The van der Waals surface area contributed by atoms with Crippen LogP contribution in [0.2, 0.25) is 0 Å². The number of rotatable bonds is 3. The van der Waals surface area contributed by atoms with Crippen LogP contribution in [0.5, 0.6) is 0 Å². The van der Waals surface area contributed by atoms with E-state index in [0.717, 1.165) is 37.9 Å². The van der Waals surface area contributed by atoms with Crippen molar-refractivity contribution in [2.75, 3.05) is 26.3 Å². The summed E-state index contributed by atoms with van der Waals surface area (Å²) in [5, 5.41) is 6.55. The highest BCUT2D eigenvalue weighted by Crippen LogP contribution is 2.35. The molecule has 1 aromatic rings. The highest BCUT2D eigenvalue weighted by molar-refractivity contribution is 5.88. The average Bonchev–Trinajstić information content (AvgIpc) is 3.01. The standard InChI is InChI=1S/C17H24N2O2.ClH/c1-13-2-4-14(5-3-13)17(7-10-21-11-8-17)16(20)19-15-6-9-18-12-15;/h2-5,15,18H,6-12H2,1H3,(H,19,20);1H. The number of carbonyl (C=O) groups is 1. The first kappa shape index (κ1) is 17.3. The molecule has 1 unspecified atom stereocenters. The van der Waals surface area contributed by atoms with E-state index in [1.807, 2.05) is 0 Å².